The average Bonchev–Trinajstić information content (AvgIpc) is 3.14. The van der Waals surface area contributed by atoms with Crippen molar-refractivity contribution in [2.75, 3.05) is 19.6 Å². The maximum atomic E-state index is 13.4. The van der Waals surface area contributed by atoms with Gasteiger partial charge in [-0.15, -0.1) is 12.4 Å². The second-order valence-corrected chi connectivity index (χ2v) is 8.42. The number of piperidine rings is 1. The molecule has 0 saturated carbocycles. The second kappa shape index (κ2) is 8.99. The van der Waals surface area contributed by atoms with Crippen molar-refractivity contribution in [2.24, 2.45) is 0 Å². The second-order valence-electron chi connectivity index (χ2n) is 7.98. The van der Waals surface area contributed by atoms with Gasteiger partial charge in [0.25, 0.3) is 5.56 Å². The molecule has 1 saturated heterocycles. The molecule has 0 amide bonds. The lowest BCUT2D eigenvalue weighted by molar-refractivity contribution is 0.211. The number of likely N-dealkylation sites (tertiary alicyclic amines) is 1. The molecule has 2 aromatic heterocycles. The molecule has 3 heterocycles. The minimum atomic E-state index is -0.222. The van der Waals surface area contributed by atoms with E-state index in [-0.39, 0.29) is 29.7 Å². The summed E-state index contributed by atoms with van der Waals surface area (Å²) in [5.41, 5.74) is 2.60. The van der Waals surface area contributed by atoms with Crippen LogP contribution in [0.15, 0.2) is 47.4 Å². The third kappa shape index (κ3) is 4.47. The highest BCUT2D eigenvalue weighted by Gasteiger charge is 2.23. The zero-order valence-electron chi connectivity index (χ0n) is 16.8. The Morgan fingerprint density at radius 1 is 1.13 bits per heavy atom. The normalized spacial score (nSPS) is 15.4. The number of hydrogen-bond donors (Lipinski definition) is 2. The molecule has 1 aliphatic rings. The summed E-state index contributed by atoms with van der Waals surface area (Å²) < 4.78 is 13.4. The first kappa shape index (κ1) is 21.8. The van der Waals surface area contributed by atoms with E-state index in [1.54, 1.807) is 18.2 Å². The van der Waals surface area contributed by atoms with Crippen LogP contribution in [-0.4, -0.2) is 39.5 Å². The van der Waals surface area contributed by atoms with Crippen molar-refractivity contribution in [3.8, 4) is 0 Å². The molecule has 5 rings (SSSR count). The zero-order chi connectivity index (χ0) is 20.7. The van der Waals surface area contributed by atoms with Crippen molar-refractivity contribution in [1.29, 1.82) is 0 Å². The highest BCUT2D eigenvalue weighted by atomic mass is 35.5. The van der Waals surface area contributed by atoms with Crippen LogP contribution in [0.4, 0.5) is 4.39 Å². The summed E-state index contributed by atoms with van der Waals surface area (Å²) in [4.78, 5) is 25.7. The van der Waals surface area contributed by atoms with Crippen LogP contribution in [-0.2, 0) is 6.42 Å². The van der Waals surface area contributed by atoms with Gasteiger partial charge >= 0.3 is 0 Å². The zero-order valence-corrected chi connectivity index (χ0v) is 18.4. The van der Waals surface area contributed by atoms with Gasteiger partial charge in [0.1, 0.15) is 11.6 Å². The van der Waals surface area contributed by atoms with Crippen molar-refractivity contribution in [2.45, 2.75) is 25.2 Å². The Balaban J connectivity index is 0.00000231. The molecule has 0 bridgehead atoms. The van der Waals surface area contributed by atoms with Gasteiger partial charge in [-0.25, -0.2) is 9.37 Å². The summed E-state index contributed by atoms with van der Waals surface area (Å²) in [5, 5.41) is 2.24. The monoisotopic (exact) mass is 460 g/mol. The van der Waals surface area contributed by atoms with E-state index < -0.39 is 0 Å². The number of H-pyrrole nitrogens is 2. The molecule has 0 atom stereocenters. The molecule has 8 heteroatoms. The molecular weight excluding hydrogens is 438 g/mol. The summed E-state index contributed by atoms with van der Waals surface area (Å²) in [7, 11) is 0. The molecule has 0 radical (unpaired) electrons. The minimum Gasteiger partial charge on any atom is -0.361 e. The topological polar surface area (TPSA) is 64.8 Å². The summed E-state index contributed by atoms with van der Waals surface area (Å²) in [6, 6.07) is 10.1. The van der Waals surface area contributed by atoms with Crippen LogP contribution >= 0.6 is 24.0 Å². The van der Waals surface area contributed by atoms with Gasteiger partial charge in [-0.3, -0.25) is 4.79 Å². The summed E-state index contributed by atoms with van der Waals surface area (Å²) in [6.45, 7) is 2.87. The summed E-state index contributed by atoms with van der Waals surface area (Å²) in [6.07, 6.45) is 4.80. The third-order valence-corrected chi connectivity index (χ3v) is 6.32. The Kier molecular flexibility index (Phi) is 6.32. The Morgan fingerprint density at radius 2 is 1.90 bits per heavy atom. The Labute approximate surface area is 190 Å². The van der Waals surface area contributed by atoms with E-state index in [0.717, 1.165) is 55.6 Å². The lowest BCUT2D eigenvalue weighted by Gasteiger charge is -2.31. The Hall–Kier alpha value is -2.41. The lowest BCUT2D eigenvalue weighted by Crippen LogP contribution is -2.35. The Morgan fingerprint density at radius 3 is 2.71 bits per heavy atom. The van der Waals surface area contributed by atoms with Gasteiger partial charge < -0.3 is 14.9 Å². The maximum absolute atomic E-state index is 13.4. The fourth-order valence-corrected chi connectivity index (χ4v) is 4.56. The molecule has 0 aliphatic carbocycles. The van der Waals surface area contributed by atoms with Gasteiger partial charge in [0.15, 0.2) is 0 Å². The van der Waals surface area contributed by atoms with Crippen molar-refractivity contribution in [1.82, 2.24) is 19.9 Å². The number of nitrogens with zero attached hydrogens (tertiary/aromatic N) is 2. The molecular formula is C23H23Cl2FN4O. The molecule has 2 aromatic carbocycles. The van der Waals surface area contributed by atoms with E-state index in [1.165, 1.54) is 17.7 Å². The van der Waals surface area contributed by atoms with Crippen LogP contribution < -0.4 is 5.56 Å². The first-order valence-corrected chi connectivity index (χ1v) is 10.6. The number of aromatic amines is 2. The first-order chi connectivity index (χ1) is 14.6. The average molecular weight is 461 g/mol. The summed E-state index contributed by atoms with van der Waals surface area (Å²) >= 11 is 6.07. The van der Waals surface area contributed by atoms with Crippen molar-refractivity contribution >= 4 is 45.8 Å². The molecule has 162 valence electrons. The quantitative estimate of drug-likeness (QED) is 0.448. The maximum Gasteiger partial charge on any atom is 0.258 e. The standard InChI is InChI=1S/C23H22ClFN4O.ClH/c24-16-1-3-19-21(11-16)27-22(28-23(19)30)14-5-8-29(9-6-14)10-7-15-13-26-20-12-17(25)2-4-18(15)20;/h1-4,11-14,26H,5-10H2,(H,27,28,30);1H. The predicted molar refractivity (Wildman–Crippen MR) is 125 cm³/mol. The van der Waals surface area contributed by atoms with Crippen LogP contribution in [0, 0.1) is 5.82 Å². The van der Waals surface area contributed by atoms with Crippen molar-refractivity contribution in [3.05, 3.63) is 75.2 Å². The number of hydrogen-bond acceptors (Lipinski definition) is 3. The number of benzene rings is 2. The van der Waals surface area contributed by atoms with Gasteiger partial charge in [0, 0.05) is 34.6 Å². The molecule has 1 aliphatic heterocycles. The number of rotatable bonds is 4. The van der Waals surface area contributed by atoms with Gasteiger partial charge in [-0.05, 0) is 74.3 Å². The van der Waals surface area contributed by atoms with E-state index in [0.29, 0.717) is 15.9 Å². The molecule has 2 N–H and O–H groups in total. The Bertz CT molecular complexity index is 1280. The van der Waals surface area contributed by atoms with Crippen molar-refractivity contribution in [3.63, 3.8) is 0 Å². The number of aromatic nitrogens is 3. The van der Waals surface area contributed by atoms with Crippen LogP contribution in [0.3, 0.4) is 0 Å². The number of fused-ring (bicyclic) bond motifs is 2. The molecule has 1 fully saturated rings. The highest BCUT2D eigenvalue weighted by molar-refractivity contribution is 6.31. The van der Waals surface area contributed by atoms with Gasteiger partial charge in [-0.2, -0.15) is 0 Å². The van der Waals surface area contributed by atoms with Crippen LogP contribution in [0.25, 0.3) is 21.8 Å². The van der Waals surface area contributed by atoms with Crippen LogP contribution in [0.1, 0.15) is 30.1 Å². The van der Waals surface area contributed by atoms with E-state index >= 15 is 0 Å². The van der Waals surface area contributed by atoms with E-state index in [9.17, 15) is 9.18 Å². The third-order valence-electron chi connectivity index (χ3n) is 6.09. The number of halogens is 3. The van der Waals surface area contributed by atoms with Gasteiger partial charge in [-0.1, -0.05) is 11.6 Å². The number of nitrogens with one attached hydrogen (secondary N) is 2. The van der Waals surface area contributed by atoms with E-state index in [1.807, 2.05) is 12.3 Å². The smallest absolute Gasteiger partial charge is 0.258 e. The summed E-state index contributed by atoms with van der Waals surface area (Å²) in [5.74, 6) is 0.780. The van der Waals surface area contributed by atoms with E-state index in [4.69, 9.17) is 11.6 Å². The van der Waals surface area contributed by atoms with Gasteiger partial charge in [0.05, 0.1) is 10.9 Å². The first-order valence-electron chi connectivity index (χ1n) is 10.2. The molecule has 0 unspecified atom stereocenters. The minimum absolute atomic E-state index is 0. The van der Waals surface area contributed by atoms with Crippen LogP contribution in [0.2, 0.25) is 5.02 Å². The fourth-order valence-electron chi connectivity index (χ4n) is 4.40. The molecule has 4 aromatic rings. The van der Waals surface area contributed by atoms with Crippen LogP contribution in [0.5, 0.6) is 0 Å². The predicted octanol–water partition coefficient (Wildman–Crippen LogP) is 5.04. The fraction of sp³-hybridized carbons (Fsp3) is 0.304. The molecule has 0 spiro atoms. The van der Waals surface area contributed by atoms with E-state index in [2.05, 4.69) is 19.9 Å². The SMILES string of the molecule is Cl.O=c1[nH]c(C2CCN(CCc3c[nH]c4cc(F)ccc34)CC2)nc2cc(Cl)ccc12. The van der Waals surface area contributed by atoms with Crippen molar-refractivity contribution < 1.29 is 4.39 Å². The largest absolute Gasteiger partial charge is 0.361 e. The lowest BCUT2D eigenvalue weighted by atomic mass is 9.95. The highest BCUT2D eigenvalue weighted by Crippen LogP contribution is 2.27. The molecule has 31 heavy (non-hydrogen) atoms. The molecule has 5 nitrogen and oxygen atoms in total. The van der Waals surface area contributed by atoms with Gasteiger partial charge in [0.2, 0.25) is 0 Å².